The van der Waals surface area contributed by atoms with Crippen LogP contribution in [0.5, 0.6) is 0 Å². The third kappa shape index (κ3) is 1.94. The van der Waals surface area contributed by atoms with E-state index in [-0.39, 0.29) is 0 Å². The molecule has 0 saturated carbocycles. The van der Waals surface area contributed by atoms with Crippen molar-refractivity contribution >= 4 is 11.8 Å². The van der Waals surface area contributed by atoms with E-state index in [1.165, 1.54) is 12.8 Å². The Bertz CT molecular complexity index is 471. The predicted octanol–water partition coefficient (Wildman–Crippen LogP) is 2.20. The number of rotatable bonds is 1. The van der Waals surface area contributed by atoms with Gasteiger partial charge in [-0.15, -0.1) is 0 Å². The second kappa shape index (κ2) is 4.01. The molecule has 2 atom stereocenters. The molecule has 2 unspecified atom stereocenters. The maximum Gasteiger partial charge on any atom is 0.140 e. The highest BCUT2D eigenvalue weighted by Crippen LogP contribution is 2.50. The Balaban J connectivity index is 1.94. The smallest absolute Gasteiger partial charge is 0.140 e. The van der Waals surface area contributed by atoms with Gasteiger partial charge in [0.05, 0.1) is 5.69 Å². The number of nitrogens with zero attached hydrogens (tertiary/aromatic N) is 2. The lowest BCUT2D eigenvalue weighted by Crippen LogP contribution is -2.35. The van der Waals surface area contributed by atoms with Crippen LogP contribution in [-0.2, 0) is 5.60 Å². The van der Waals surface area contributed by atoms with Crippen molar-refractivity contribution in [2.75, 3.05) is 0 Å². The molecule has 0 aliphatic carbocycles. The van der Waals surface area contributed by atoms with Crippen molar-refractivity contribution in [2.24, 2.45) is 0 Å². The van der Waals surface area contributed by atoms with Crippen LogP contribution in [0.1, 0.15) is 37.1 Å². The summed E-state index contributed by atoms with van der Waals surface area (Å²) in [7, 11) is 0. The number of hydrogen-bond acceptors (Lipinski definition) is 4. The lowest BCUT2D eigenvalue weighted by molar-refractivity contribution is 0.0153. The van der Waals surface area contributed by atoms with E-state index in [0.717, 1.165) is 12.8 Å². The van der Waals surface area contributed by atoms with E-state index in [0.29, 0.717) is 21.9 Å². The molecule has 0 amide bonds. The SMILES string of the molecule is N#Cc1cccc(C2(O)CC3CCC(C2)S3)n1. The molecule has 1 aromatic heterocycles. The van der Waals surface area contributed by atoms with Gasteiger partial charge in [0.1, 0.15) is 17.4 Å². The minimum absolute atomic E-state index is 0.390. The number of thioether (sulfide) groups is 1. The number of aromatic nitrogens is 1. The van der Waals surface area contributed by atoms with Crippen molar-refractivity contribution in [1.82, 2.24) is 4.98 Å². The third-order valence-electron chi connectivity index (χ3n) is 3.67. The van der Waals surface area contributed by atoms with Crippen molar-refractivity contribution in [3.05, 3.63) is 29.6 Å². The molecular weight excluding hydrogens is 232 g/mol. The fraction of sp³-hybridized carbons (Fsp3) is 0.538. The molecule has 88 valence electrons. The molecule has 1 N–H and O–H groups in total. The second-order valence-electron chi connectivity index (χ2n) is 4.92. The van der Waals surface area contributed by atoms with Crippen LogP contribution in [0.3, 0.4) is 0 Å². The van der Waals surface area contributed by atoms with Crippen molar-refractivity contribution in [2.45, 2.75) is 41.8 Å². The van der Waals surface area contributed by atoms with Crippen molar-refractivity contribution < 1.29 is 5.11 Å². The Kier molecular flexibility index (Phi) is 2.61. The summed E-state index contributed by atoms with van der Waals surface area (Å²) < 4.78 is 0. The summed E-state index contributed by atoms with van der Waals surface area (Å²) in [6.45, 7) is 0. The first-order chi connectivity index (χ1) is 8.19. The standard InChI is InChI=1S/C13H14N2OS/c14-8-9-2-1-3-12(15-9)13(16)6-10-4-5-11(7-13)17-10/h1-3,10-11,16H,4-7H2. The maximum atomic E-state index is 10.8. The predicted molar refractivity (Wildman–Crippen MR) is 66.5 cm³/mol. The first-order valence-electron chi connectivity index (χ1n) is 5.95. The molecule has 3 rings (SSSR count). The molecule has 0 spiro atoms. The molecule has 17 heavy (non-hydrogen) atoms. The van der Waals surface area contributed by atoms with E-state index in [1.807, 2.05) is 30.0 Å². The topological polar surface area (TPSA) is 56.9 Å². The Hall–Kier alpha value is -1.05. The number of aliphatic hydroxyl groups is 1. The van der Waals surface area contributed by atoms with E-state index in [4.69, 9.17) is 5.26 Å². The lowest BCUT2D eigenvalue weighted by Gasteiger charge is -2.35. The highest BCUT2D eigenvalue weighted by molar-refractivity contribution is 8.00. The third-order valence-corrected chi connectivity index (χ3v) is 5.24. The number of fused-ring (bicyclic) bond motifs is 2. The number of hydrogen-bond donors (Lipinski definition) is 1. The van der Waals surface area contributed by atoms with Crippen LogP contribution in [0.15, 0.2) is 18.2 Å². The summed E-state index contributed by atoms with van der Waals surface area (Å²) in [5.74, 6) is 0. The summed E-state index contributed by atoms with van der Waals surface area (Å²) in [5.41, 5.74) is 0.250. The van der Waals surface area contributed by atoms with Gasteiger partial charge in [0, 0.05) is 10.5 Å². The van der Waals surface area contributed by atoms with E-state index in [2.05, 4.69) is 4.98 Å². The molecule has 3 nitrogen and oxygen atoms in total. The van der Waals surface area contributed by atoms with Crippen LogP contribution in [-0.4, -0.2) is 20.6 Å². The molecule has 2 aliphatic heterocycles. The van der Waals surface area contributed by atoms with E-state index >= 15 is 0 Å². The van der Waals surface area contributed by atoms with Gasteiger partial charge >= 0.3 is 0 Å². The fourth-order valence-electron chi connectivity index (χ4n) is 2.88. The molecule has 2 bridgehead atoms. The zero-order chi connectivity index (χ0) is 11.9. The van der Waals surface area contributed by atoms with Gasteiger partial charge in [0.25, 0.3) is 0 Å². The summed E-state index contributed by atoms with van der Waals surface area (Å²) in [6.07, 6.45) is 3.96. The fourth-order valence-corrected chi connectivity index (χ4v) is 4.71. The molecule has 4 heteroatoms. The average molecular weight is 246 g/mol. The summed E-state index contributed by atoms with van der Waals surface area (Å²) in [4.78, 5) is 4.26. The van der Waals surface area contributed by atoms with Crippen LogP contribution < -0.4 is 0 Å². The van der Waals surface area contributed by atoms with Gasteiger partial charge in [0.2, 0.25) is 0 Å². The zero-order valence-electron chi connectivity index (χ0n) is 9.47. The van der Waals surface area contributed by atoms with E-state index in [1.54, 1.807) is 6.07 Å². The lowest BCUT2D eigenvalue weighted by atomic mass is 9.89. The molecule has 0 radical (unpaired) electrons. The average Bonchev–Trinajstić information content (AvgIpc) is 2.69. The van der Waals surface area contributed by atoms with Crippen LogP contribution in [0.25, 0.3) is 0 Å². The molecule has 2 saturated heterocycles. The largest absolute Gasteiger partial charge is 0.383 e. The maximum absolute atomic E-state index is 10.8. The number of pyridine rings is 1. The Labute approximate surface area is 105 Å². The van der Waals surface area contributed by atoms with Gasteiger partial charge < -0.3 is 5.11 Å². The minimum atomic E-state index is -0.816. The van der Waals surface area contributed by atoms with E-state index < -0.39 is 5.60 Å². The van der Waals surface area contributed by atoms with Gasteiger partial charge in [-0.05, 0) is 37.8 Å². The Morgan fingerprint density at radius 2 is 2.06 bits per heavy atom. The molecule has 1 aromatic rings. The Morgan fingerprint density at radius 1 is 1.35 bits per heavy atom. The van der Waals surface area contributed by atoms with Gasteiger partial charge in [0.15, 0.2) is 0 Å². The summed E-state index contributed by atoms with van der Waals surface area (Å²) in [5, 5.41) is 20.7. The summed E-state index contributed by atoms with van der Waals surface area (Å²) in [6, 6.07) is 7.37. The van der Waals surface area contributed by atoms with Crippen molar-refractivity contribution in [3.8, 4) is 6.07 Å². The quantitative estimate of drug-likeness (QED) is 0.825. The van der Waals surface area contributed by atoms with Crippen LogP contribution in [0, 0.1) is 11.3 Å². The van der Waals surface area contributed by atoms with Gasteiger partial charge in [-0.3, -0.25) is 0 Å². The highest BCUT2D eigenvalue weighted by atomic mass is 32.2. The normalized spacial score (nSPS) is 35.5. The minimum Gasteiger partial charge on any atom is -0.383 e. The highest BCUT2D eigenvalue weighted by Gasteiger charge is 2.45. The molecule has 2 aliphatic rings. The van der Waals surface area contributed by atoms with Crippen LogP contribution in [0.4, 0.5) is 0 Å². The van der Waals surface area contributed by atoms with Crippen molar-refractivity contribution in [3.63, 3.8) is 0 Å². The monoisotopic (exact) mass is 246 g/mol. The second-order valence-corrected chi connectivity index (χ2v) is 6.52. The van der Waals surface area contributed by atoms with Gasteiger partial charge in [-0.25, -0.2) is 4.98 Å². The first kappa shape index (κ1) is 11.1. The Morgan fingerprint density at radius 3 is 2.71 bits per heavy atom. The van der Waals surface area contributed by atoms with Gasteiger partial charge in [-0.2, -0.15) is 17.0 Å². The molecular formula is C13H14N2OS. The van der Waals surface area contributed by atoms with Gasteiger partial charge in [-0.1, -0.05) is 6.07 Å². The molecule has 2 fully saturated rings. The van der Waals surface area contributed by atoms with E-state index in [9.17, 15) is 5.11 Å². The summed E-state index contributed by atoms with van der Waals surface area (Å²) >= 11 is 2.01. The zero-order valence-corrected chi connectivity index (χ0v) is 10.3. The molecule has 3 heterocycles. The van der Waals surface area contributed by atoms with Crippen molar-refractivity contribution in [1.29, 1.82) is 5.26 Å². The first-order valence-corrected chi connectivity index (χ1v) is 6.89. The number of nitriles is 1. The van der Waals surface area contributed by atoms with Crippen LogP contribution >= 0.6 is 11.8 Å². The molecule has 0 aromatic carbocycles. The van der Waals surface area contributed by atoms with Crippen LogP contribution in [0.2, 0.25) is 0 Å².